The number of aromatic nitrogens is 3. The standard InChI is InChI=1S/C19H21N5O2/c1-13(2)11-20-19(26)14-7-3-4-8-15(14)21-18(25)12-24-17-10-6-5-9-16(17)22-23-24/h3-10,13H,11-12H2,1-2H3,(H,20,26)(H,21,25). The van der Waals surface area contributed by atoms with E-state index in [1.54, 1.807) is 24.3 Å². The van der Waals surface area contributed by atoms with Gasteiger partial charge in [-0.25, -0.2) is 4.68 Å². The van der Waals surface area contributed by atoms with Gasteiger partial charge >= 0.3 is 0 Å². The number of benzene rings is 2. The molecule has 0 radical (unpaired) electrons. The molecule has 2 aromatic carbocycles. The summed E-state index contributed by atoms with van der Waals surface area (Å²) in [5, 5.41) is 13.7. The molecule has 0 unspecified atom stereocenters. The third-order valence-electron chi connectivity index (χ3n) is 3.83. The fraction of sp³-hybridized carbons (Fsp3) is 0.263. The molecule has 0 spiro atoms. The molecular weight excluding hydrogens is 330 g/mol. The zero-order chi connectivity index (χ0) is 18.5. The van der Waals surface area contributed by atoms with Gasteiger partial charge in [0.25, 0.3) is 5.91 Å². The summed E-state index contributed by atoms with van der Waals surface area (Å²) >= 11 is 0. The van der Waals surface area contributed by atoms with Gasteiger partial charge in [-0.1, -0.05) is 43.3 Å². The predicted octanol–water partition coefficient (Wildman–Crippen LogP) is 2.46. The van der Waals surface area contributed by atoms with E-state index in [0.29, 0.717) is 23.7 Å². The van der Waals surface area contributed by atoms with E-state index in [1.807, 2.05) is 38.1 Å². The molecule has 3 aromatic rings. The molecule has 134 valence electrons. The molecule has 0 aliphatic heterocycles. The number of hydrogen-bond donors (Lipinski definition) is 2. The molecule has 26 heavy (non-hydrogen) atoms. The van der Waals surface area contributed by atoms with Crippen LogP contribution >= 0.6 is 0 Å². The number of nitrogens with zero attached hydrogens (tertiary/aromatic N) is 3. The van der Waals surface area contributed by atoms with Crippen LogP contribution in [0.3, 0.4) is 0 Å². The number of hydrogen-bond acceptors (Lipinski definition) is 4. The number of carbonyl (C=O) groups is 2. The minimum atomic E-state index is -0.273. The lowest BCUT2D eigenvalue weighted by Gasteiger charge is -2.12. The molecule has 0 saturated heterocycles. The molecule has 0 atom stereocenters. The Labute approximate surface area is 151 Å². The van der Waals surface area contributed by atoms with Crippen molar-refractivity contribution in [1.82, 2.24) is 20.3 Å². The largest absolute Gasteiger partial charge is 0.352 e. The molecule has 0 bridgehead atoms. The summed E-state index contributed by atoms with van der Waals surface area (Å²) in [4.78, 5) is 24.8. The highest BCUT2D eigenvalue weighted by molar-refractivity contribution is 6.03. The SMILES string of the molecule is CC(C)CNC(=O)c1ccccc1NC(=O)Cn1nnc2ccccc21. The van der Waals surface area contributed by atoms with Gasteiger partial charge in [-0.05, 0) is 30.2 Å². The third-order valence-corrected chi connectivity index (χ3v) is 3.83. The Morgan fingerprint density at radius 2 is 1.81 bits per heavy atom. The van der Waals surface area contributed by atoms with Gasteiger partial charge in [-0.3, -0.25) is 9.59 Å². The molecular formula is C19H21N5O2. The second-order valence-corrected chi connectivity index (χ2v) is 6.43. The van der Waals surface area contributed by atoms with E-state index in [1.165, 1.54) is 4.68 Å². The maximum atomic E-state index is 12.4. The van der Waals surface area contributed by atoms with Crippen molar-refractivity contribution in [3.8, 4) is 0 Å². The van der Waals surface area contributed by atoms with Gasteiger partial charge in [0.1, 0.15) is 12.1 Å². The van der Waals surface area contributed by atoms with Gasteiger partial charge in [0.2, 0.25) is 5.91 Å². The van der Waals surface area contributed by atoms with Crippen LogP contribution in [-0.2, 0) is 11.3 Å². The summed E-state index contributed by atoms with van der Waals surface area (Å²) in [6, 6.07) is 14.4. The van der Waals surface area contributed by atoms with Gasteiger partial charge in [-0.15, -0.1) is 5.10 Å². The first-order valence-corrected chi connectivity index (χ1v) is 8.50. The highest BCUT2D eigenvalue weighted by Crippen LogP contribution is 2.16. The van der Waals surface area contributed by atoms with E-state index in [4.69, 9.17) is 0 Å². The van der Waals surface area contributed by atoms with Crippen LogP contribution in [-0.4, -0.2) is 33.4 Å². The molecule has 3 rings (SSSR count). The fourth-order valence-electron chi connectivity index (χ4n) is 2.54. The van der Waals surface area contributed by atoms with Crippen molar-refractivity contribution in [2.75, 3.05) is 11.9 Å². The van der Waals surface area contributed by atoms with E-state index >= 15 is 0 Å². The van der Waals surface area contributed by atoms with Crippen LogP contribution in [0.5, 0.6) is 0 Å². The average Bonchev–Trinajstić information content (AvgIpc) is 3.03. The predicted molar refractivity (Wildman–Crippen MR) is 99.8 cm³/mol. The maximum Gasteiger partial charge on any atom is 0.253 e. The van der Waals surface area contributed by atoms with E-state index in [2.05, 4.69) is 20.9 Å². The Kier molecular flexibility index (Phi) is 5.26. The van der Waals surface area contributed by atoms with E-state index in [0.717, 1.165) is 11.0 Å². The quantitative estimate of drug-likeness (QED) is 0.714. The van der Waals surface area contributed by atoms with Crippen molar-refractivity contribution >= 4 is 28.5 Å². The number of fused-ring (bicyclic) bond motifs is 1. The van der Waals surface area contributed by atoms with Gasteiger partial charge in [0, 0.05) is 6.54 Å². The van der Waals surface area contributed by atoms with Crippen LogP contribution in [0.4, 0.5) is 5.69 Å². The first kappa shape index (κ1) is 17.6. The number of anilines is 1. The van der Waals surface area contributed by atoms with Crippen molar-refractivity contribution in [2.24, 2.45) is 5.92 Å². The van der Waals surface area contributed by atoms with Crippen molar-refractivity contribution in [3.63, 3.8) is 0 Å². The van der Waals surface area contributed by atoms with Crippen LogP contribution in [0.2, 0.25) is 0 Å². The Hall–Kier alpha value is -3.22. The summed E-state index contributed by atoms with van der Waals surface area (Å²) in [6.45, 7) is 4.64. The lowest BCUT2D eigenvalue weighted by atomic mass is 10.1. The normalized spacial score (nSPS) is 10.9. The van der Waals surface area contributed by atoms with Crippen LogP contribution in [0.15, 0.2) is 48.5 Å². The summed E-state index contributed by atoms with van der Waals surface area (Å²) in [7, 11) is 0. The summed E-state index contributed by atoms with van der Waals surface area (Å²) in [6.07, 6.45) is 0. The van der Waals surface area contributed by atoms with Crippen LogP contribution < -0.4 is 10.6 Å². The molecule has 0 fully saturated rings. The van der Waals surface area contributed by atoms with Crippen molar-refractivity contribution in [1.29, 1.82) is 0 Å². The summed E-state index contributed by atoms with van der Waals surface area (Å²) in [5.74, 6) is -0.133. The van der Waals surface area contributed by atoms with Gasteiger partial charge in [-0.2, -0.15) is 0 Å². The monoisotopic (exact) mass is 351 g/mol. The number of para-hydroxylation sites is 2. The smallest absolute Gasteiger partial charge is 0.253 e. The highest BCUT2D eigenvalue weighted by atomic mass is 16.2. The first-order valence-electron chi connectivity index (χ1n) is 8.50. The molecule has 7 heteroatoms. The first-order chi connectivity index (χ1) is 12.5. The molecule has 2 amide bonds. The van der Waals surface area contributed by atoms with E-state index in [-0.39, 0.29) is 18.4 Å². The van der Waals surface area contributed by atoms with E-state index in [9.17, 15) is 9.59 Å². The Morgan fingerprint density at radius 3 is 2.62 bits per heavy atom. The van der Waals surface area contributed by atoms with Crippen LogP contribution in [0, 0.1) is 5.92 Å². The lowest BCUT2D eigenvalue weighted by Crippen LogP contribution is -2.29. The Balaban J connectivity index is 1.72. The zero-order valence-electron chi connectivity index (χ0n) is 14.8. The minimum absolute atomic E-state index is 0.0163. The van der Waals surface area contributed by atoms with Gasteiger partial charge in [0.05, 0.1) is 16.8 Å². The molecule has 0 aliphatic carbocycles. The van der Waals surface area contributed by atoms with Crippen LogP contribution in [0.25, 0.3) is 11.0 Å². The third kappa shape index (κ3) is 4.05. The molecule has 7 nitrogen and oxygen atoms in total. The minimum Gasteiger partial charge on any atom is -0.352 e. The molecule has 1 heterocycles. The molecule has 1 aromatic heterocycles. The number of carbonyl (C=O) groups excluding carboxylic acids is 2. The van der Waals surface area contributed by atoms with Gasteiger partial charge < -0.3 is 10.6 Å². The molecule has 0 aliphatic rings. The topological polar surface area (TPSA) is 88.9 Å². The second-order valence-electron chi connectivity index (χ2n) is 6.43. The van der Waals surface area contributed by atoms with Crippen LogP contribution in [0.1, 0.15) is 24.2 Å². The zero-order valence-corrected chi connectivity index (χ0v) is 14.8. The Bertz CT molecular complexity index is 932. The number of nitrogens with one attached hydrogen (secondary N) is 2. The average molecular weight is 351 g/mol. The van der Waals surface area contributed by atoms with Crippen molar-refractivity contribution in [2.45, 2.75) is 20.4 Å². The number of amides is 2. The summed E-state index contributed by atoms with van der Waals surface area (Å²) in [5.41, 5.74) is 2.42. The lowest BCUT2D eigenvalue weighted by molar-refractivity contribution is -0.116. The maximum absolute atomic E-state index is 12.4. The highest BCUT2D eigenvalue weighted by Gasteiger charge is 2.14. The van der Waals surface area contributed by atoms with E-state index < -0.39 is 0 Å². The van der Waals surface area contributed by atoms with Crippen molar-refractivity contribution in [3.05, 3.63) is 54.1 Å². The molecule has 2 N–H and O–H groups in total. The fourth-order valence-corrected chi connectivity index (χ4v) is 2.54. The second kappa shape index (κ2) is 7.77. The summed E-state index contributed by atoms with van der Waals surface area (Å²) < 4.78 is 1.53. The Morgan fingerprint density at radius 1 is 1.08 bits per heavy atom. The van der Waals surface area contributed by atoms with Gasteiger partial charge in [0.15, 0.2) is 0 Å². The van der Waals surface area contributed by atoms with Crippen molar-refractivity contribution < 1.29 is 9.59 Å². The number of rotatable bonds is 6. The molecule has 0 saturated carbocycles.